The van der Waals surface area contributed by atoms with Crippen molar-refractivity contribution in [3.63, 3.8) is 0 Å². The van der Waals surface area contributed by atoms with E-state index >= 15 is 0 Å². The third kappa shape index (κ3) is 7.31. The molecule has 10 aromatic carbocycles. The van der Waals surface area contributed by atoms with Gasteiger partial charge in [0.15, 0.2) is 0 Å². The summed E-state index contributed by atoms with van der Waals surface area (Å²) in [5, 5.41) is 4.80. The maximum absolute atomic E-state index is 9.01. The number of para-hydroxylation sites is 2. The van der Waals surface area contributed by atoms with E-state index in [-0.39, 0.29) is 5.41 Å². The number of hydrogen-bond acceptors (Lipinski definition) is 2. The van der Waals surface area contributed by atoms with E-state index in [2.05, 4.69) is 243 Å². The molecule has 2 nitrogen and oxygen atoms in total. The van der Waals surface area contributed by atoms with Gasteiger partial charge in [-0.15, -0.1) is 0 Å². The molecule has 0 atom stereocenters. The summed E-state index contributed by atoms with van der Waals surface area (Å²) < 4.78 is 9.01. The highest BCUT2D eigenvalue weighted by molar-refractivity contribution is 6.13. The predicted octanol–water partition coefficient (Wildman–Crippen LogP) is 17.2. The molecule has 0 aromatic heterocycles. The fourth-order valence-electron chi connectivity index (χ4n) is 8.87. The number of nitrogens with zero attached hydrogens (tertiary/aromatic N) is 2. The van der Waals surface area contributed by atoms with Gasteiger partial charge in [-0.3, -0.25) is 0 Å². The summed E-state index contributed by atoms with van der Waals surface area (Å²) in [6.07, 6.45) is 0. The average molecular weight is 798 g/mol. The maximum Gasteiger partial charge on any atom is 0.0623 e. The van der Waals surface area contributed by atoms with Gasteiger partial charge in [0.2, 0.25) is 0 Å². The molecule has 298 valence electrons. The van der Waals surface area contributed by atoms with Crippen LogP contribution in [-0.2, 0) is 5.41 Å². The first-order valence-electron chi connectivity index (χ1n) is 21.9. The first-order valence-corrected chi connectivity index (χ1v) is 21.4. The number of hydrogen-bond donors (Lipinski definition) is 0. The first kappa shape index (κ1) is 37.3. The van der Waals surface area contributed by atoms with Crippen LogP contribution in [0.15, 0.2) is 237 Å². The molecule has 0 aliphatic heterocycles. The van der Waals surface area contributed by atoms with Gasteiger partial charge in [0.05, 0.1) is 18.4 Å². The van der Waals surface area contributed by atoms with Crippen molar-refractivity contribution in [2.75, 3.05) is 9.80 Å². The van der Waals surface area contributed by atoms with Crippen molar-refractivity contribution in [2.45, 2.75) is 26.2 Å². The number of rotatable bonds is 9. The summed E-state index contributed by atoms with van der Waals surface area (Å²) in [4.78, 5) is 4.86. The molecule has 0 fully saturated rings. The molecule has 0 bridgehead atoms. The lowest BCUT2D eigenvalue weighted by Gasteiger charge is -2.36. The molecule has 0 saturated heterocycles. The Kier molecular flexibility index (Phi) is 9.88. The quantitative estimate of drug-likeness (QED) is 0.134. The second-order valence-corrected chi connectivity index (χ2v) is 16.9. The minimum absolute atomic E-state index is 0.227. The summed E-state index contributed by atoms with van der Waals surface area (Å²) in [5.41, 5.74) is 13.9. The second kappa shape index (κ2) is 16.4. The van der Waals surface area contributed by atoms with Crippen molar-refractivity contribution >= 4 is 55.7 Å². The van der Waals surface area contributed by atoms with E-state index in [1.54, 1.807) is 0 Å². The van der Waals surface area contributed by atoms with Gasteiger partial charge in [0.1, 0.15) is 0 Å². The Balaban J connectivity index is 1.30. The van der Waals surface area contributed by atoms with E-state index in [0.717, 1.165) is 56.2 Å². The van der Waals surface area contributed by atoms with E-state index in [1.807, 2.05) is 18.2 Å². The number of benzene rings is 10. The molecule has 0 saturated carbocycles. The van der Waals surface area contributed by atoms with Crippen LogP contribution in [0.2, 0.25) is 0 Å². The first-order chi connectivity index (χ1) is 30.8. The topological polar surface area (TPSA) is 6.48 Å². The van der Waals surface area contributed by atoms with E-state index in [9.17, 15) is 0 Å². The van der Waals surface area contributed by atoms with Crippen LogP contribution in [0.5, 0.6) is 0 Å². The Labute approximate surface area is 367 Å². The lowest BCUT2D eigenvalue weighted by molar-refractivity contribution is 0.590. The maximum atomic E-state index is 9.01. The lowest BCUT2D eigenvalue weighted by Crippen LogP contribution is -2.19. The molecule has 0 spiro atoms. The molecule has 0 aliphatic rings. The second-order valence-electron chi connectivity index (χ2n) is 16.9. The van der Waals surface area contributed by atoms with Crippen molar-refractivity contribution < 1.29 is 1.37 Å². The van der Waals surface area contributed by atoms with Crippen LogP contribution in [0.3, 0.4) is 0 Å². The third-order valence-electron chi connectivity index (χ3n) is 11.9. The zero-order valence-corrected chi connectivity index (χ0v) is 35.3. The third-order valence-corrected chi connectivity index (χ3v) is 11.9. The SMILES string of the molecule is [2H]c1cccc(-c2c(N(c3ccccc3)c3cccc(-c4ccccc4-c4ccccc4)c3)cc(C(C)(C)C)cc2N(c2ccccc2)c2cccc3c2ccc2ccccc23)c1. The van der Waals surface area contributed by atoms with Crippen molar-refractivity contribution in [1.29, 1.82) is 0 Å². The van der Waals surface area contributed by atoms with Crippen LogP contribution in [0.1, 0.15) is 27.7 Å². The van der Waals surface area contributed by atoms with Crippen molar-refractivity contribution in [3.8, 4) is 33.4 Å². The highest BCUT2D eigenvalue weighted by Crippen LogP contribution is 2.52. The van der Waals surface area contributed by atoms with Crippen molar-refractivity contribution in [1.82, 2.24) is 0 Å². The smallest absolute Gasteiger partial charge is 0.0623 e. The highest BCUT2D eigenvalue weighted by atomic mass is 15.2. The van der Waals surface area contributed by atoms with Gasteiger partial charge in [-0.2, -0.15) is 0 Å². The van der Waals surface area contributed by atoms with Gasteiger partial charge in [0.25, 0.3) is 0 Å². The molecule has 0 unspecified atom stereocenters. The summed E-state index contributed by atoms with van der Waals surface area (Å²) in [5.74, 6) is 0. The van der Waals surface area contributed by atoms with Crippen molar-refractivity contribution in [2.24, 2.45) is 0 Å². The molecule has 0 amide bonds. The van der Waals surface area contributed by atoms with Gasteiger partial charge in [-0.1, -0.05) is 203 Å². The standard InChI is InChI=1S/C60H48N2/c1-60(2,3)47-41-57(61(48-28-12-6-13-29-48)50-32-20-27-46(40-50)53-35-19-18-33-51(53)43-22-8-4-9-23-43)59(45-25-10-5-11-26-45)58(42-47)62(49-30-14-7-15-31-49)56-37-21-36-54-52-34-17-16-24-44(52)38-39-55(54)56/h4-42H,1-3H3/i10D. The Bertz CT molecular complexity index is 3220. The van der Waals surface area contributed by atoms with E-state index in [0.29, 0.717) is 6.04 Å². The average Bonchev–Trinajstić information content (AvgIpc) is 3.32. The largest absolute Gasteiger partial charge is 0.310 e. The molecule has 0 radical (unpaired) electrons. The minimum atomic E-state index is -0.227. The summed E-state index contributed by atoms with van der Waals surface area (Å²) in [6, 6.07) is 82.8. The van der Waals surface area contributed by atoms with E-state index in [4.69, 9.17) is 1.37 Å². The fraction of sp³-hybridized carbons (Fsp3) is 0.0667. The number of fused-ring (bicyclic) bond motifs is 3. The van der Waals surface area contributed by atoms with Gasteiger partial charge < -0.3 is 9.80 Å². The van der Waals surface area contributed by atoms with Crippen molar-refractivity contribution in [3.05, 3.63) is 242 Å². The van der Waals surface area contributed by atoms with E-state index in [1.165, 1.54) is 38.4 Å². The van der Waals surface area contributed by atoms with Gasteiger partial charge >= 0.3 is 0 Å². The Morgan fingerprint density at radius 3 is 1.60 bits per heavy atom. The zero-order chi connectivity index (χ0) is 42.9. The monoisotopic (exact) mass is 797 g/mol. The van der Waals surface area contributed by atoms with Gasteiger partial charge in [-0.25, -0.2) is 0 Å². The molecule has 10 aromatic rings. The van der Waals surface area contributed by atoms with Crippen LogP contribution in [0, 0.1) is 0 Å². The Hall–Kier alpha value is -7.68. The highest BCUT2D eigenvalue weighted by Gasteiger charge is 2.29. The van der Waals surface area contributed by atoms with Crippen LogP contribution in [-0.4, -0.2) is 0 Å². The molecular weight excluding hydrogens is 749 g/mol. The van der Waals surface area contributed by atoms with E-state index < -0.39 is 0 Å². The molecule has 10 rings (SSSR count). The normalized spacial score (nSPS) is 11.7. The molecule has 0 N–H and O–H groups in total. The van der Waals surface area contributed by atoms with Gasteiger partial charge in [0, 0.05) is 28.0 Å². The Morgan fingerprint density at radius 1 is 0.355 bits per heavy atom. The summed E-state index contributed by atoms with van der Waals surface area (Å²) in [6.45, 7) is 6.89. The van der Waals surface area contributed by atoms with Crippen LogP contribution in [0.4, 0.5) is 34.1 Å². The molecule has 2 heteroatoms. The van der Waals surface area contributed by atoms with Crippen LogP contribution in [0.25, 0.3) is 54.9 Å². The van der Waals surface area contributed by atoms with Crippen LogP contribution >= 0.6 is 0 Å². The Morgan fingerprint density at radius 2 is 0.887 bits per heavy atom. The molecular formula is C60H48N2. The summed E-state index contributed by atoms with van der Waals surface area (Å²) in [7, 11) is 0. The predicted molar refractivity (Wildman–Crippen MR) is 266 cm³/mol. The molecule has 0 aliphatic carbocycles. The van der Waals surface area contributed by atoms with Gasteiger partial charge in [-0.05, 0) is 110 Å². The fourth-order valence-corrected chi connectivity index (χ4v) is 8.87. The van der Waals surface area contributed by atoms with Crippen LogP contribution < -0.4 is 9.80 Å². The zero-order valence-electron chi connectivity index (χ0n) is 36.3. The summed E-state index contributed by atoms with van der Waals surface area (Å²) >= 11 is 0. The lowest BCUT2D eigenvalue weighted by atomic mass is 9.83. The number of anilines is 6. The molecule has 0 heterocycles. The molecule has 62 heavy (non-hydrogen) atoms. The minimum Gasteiger partial charge on any atom is -0.310 e.